The predicted molar refractivity (Wildman–Crippen MR) is 94.0 cm³/mol. The van der Waals surface area contributed by atoms with E-state index in [9.17, 15) is 0 Å². The number of aryl methyl sites for hydroxylation is 1. The third-order valence-electron chi connectivity index (χ3n) is 5.10. The Labute approximate surface area is 126 Å². The second-order valence-electron chi connectivity index (χ2n) is 8.63. The first-order chi connectivity index (χ1) is 9.00. The van der Waals surface area contributed by atoms with Gasteiger partial charge >= 0.3 is 0 Å². The van der Waals surface area contributed by atoms with Gasteiger partial charge in [0, 0.05) is 0 Å². The van der Waals surface area contributed by atoms with Crippen molar-refractivity contribution in [1.29, 1.82) is 0 Å². The van der Waals surface area contributed by atoms with Crippen molar-refractivity contribution in [3.63, 3.8) is 0 Å². The second-order valence-corrected chi connectivity index (χ2v) is 18.5. The maximum absolute atomic E-state index is 6.45. The standard InChI is InChI=1S/C17H30OSi2/c1-17(2,3)20(6,7)18-16-9-8-14-10-11-19(4,5)13-15(14)12-16/h8-9,12H,10-11,13H2,1-7H3. The van der Waals surface area contributed by atoms with Crippen LogP contribution in [0.3, 0.4) is 0 Å². The molecule has 0 atom stereocenters. The monoisotopic (exact) mass is 306 g/mol. The minimum absolute atomic E-state index is 0.261. The molecule has 0 fully saturated rings. The summed E-state index contributed by atoms with van der Waals surface area (Å²) < 4.78 is 6.45. The topological polar surface area (TPSA) is 9.23 Å². The molecule has 0 amide bonds. The van der Waals surface area contributed by atoms with Crippen LogP contribution in [0.25, 0.3) is 0 Å². The van der Waals surface area contributed by atoms with Gasteiger partial charge < -0.3 is 4.43 Å². The molecule has 2 rings (SSSR count). The van der Waals surface area contributed by atoms with Crippen LogP contribution in [-0.4, -0.2) is 16.4 Å². The average molecular weight is 307 g/mol. The fourth-order valence-electron chi connectivity index (χ4n) is 2.60. The van der Waals surface area contributed by atoms with Crippen molar-refractivity contribution in [1.82, 2.24) is 0 Å². The van der Waals surface area contributed by atoms with Gasteiger partial charge in [-0.05, 0) is 53.9 Å². The van der Waals surface area contributed by atoms with E-state index in [4.69, 9.17) is 4.43 Å². The lowest BCUT2D eigenvalue weighted by atomic mass is 10.1. The smallest absolute Gasteiger partial charge is 0.250 e. The summed E-state index contributed by atoms with van der Waals surface area (Å²) in [6.07, 6.45) is 1.27. The zero-order valence-electron chi connectivity index (χ0n) is 14.3. The highest BCUT2D eigenvalue weighted by molar-refractivity contribution is 6.77. The Morgan fingerprint density at radius 2 is 1.75 bits per heavy atom. The summed E-state index contributed by atoms with van der Waals surface area (Å²) in [4.78, 5) is 0. The molecule has 0 unspecified atom stereocenters. The molecule has 0 radical (unpaired) electrons. The third-order valence-corrected chi connectivity index (χ3v) is 12.4. The lowest BCUT2D eigenvalue weighted by Gasteiger charge is -2.37. The number of benzene rings is 1. The van der Waals surface area contributed by atoms with Crippen LogP contribution in [0.5, 0.6) is 5.75 Å². The number of hydrogen-bond donors (Lipinski definition) is 0. The van der Waals surface area contributed by atoms with E-state index in [1.807, 2.05) is 0 Å². The Morgan fingerprint density at radius 3 is 2.35 bits per heavy atom. The van der Waals surface area contributed by atoms with Crippen molar-refractivity contribution in [3.05, 3.63) is 29.3 Å². The summed E-state index contributed by atoms with van der Waals surface area (Å²) in [5, 5.41) is 0.261. The summed E-state index contributed by atoms with van der Waals surface area (Å²) in [5.41, 5.74) is 3.11. The molecule has 1 nitrogen and oxygen atoms in total. The molecular formula is C17H30OSi2. The quantitative estimate of drug-likeness (QED) is 0.663. The molecule has 20 heavy (non-hydrogen) atoms. The van der Waals surface area contributed by atoms with Crippen molar-refractivity contribution in [2.75, 3.05) is 0 Å². The number of rotatable bonds is 2. The first kappa shape index (κ1) is 15.8. The molecule has 1 heterocycles. The Kier molecular flexibility index (Phi) is 3.98. The van der Waals surface area contributed by atoms with Gasteiger partial charge in [-0.3, -0.25) is 0 Å². The van der Waals surface area contributed by atoms with Gasteiger partial charge in [-0.2, -0.15) is 0 Å². The highest BCUT2D eigenvalue weighted by Crippen LogP contribution is 2.38. The predicted octanol–water partition coefficient (Wildman–Crippen LogP) is 5.42. The van der Waals surface area contributed by atoms with Crippen LogP contribution in [0.1, 0.15) is 31.9 Å². The maximum atomic E-state index is 6.45. The van der Waals surface area contributed by atoms with E-state index >= 15 is 0 Å². The summed E-state index contributed by atoms with van der Waals surface area (Å²) >= 11 is 0. The van der Waals surface area contributed by atoms with Gasteiger partial charge in [0.1, 0.15) is 5.75 Å². The number of hydrogen-bond acceptors (Lipinski definition) is 1. The van der Waals surface area contributed by atoms with Gasteiger partial charge in [-0.15, -0.1) is 0 Å². The SMILES string of the molecule is CC(C)(C)[Si](C)(C)Oc1ccc2c(c1)C[Si](C)(C)CC2. The van der Waals surface area contributed by atoms with Crippen molar-refractivity contribution in [2.45, 2.75) is 70.5 Å². The van der Waals surface area contributed by atoms with E-state index in [0.717, 1.165) is 5.75 Å². The lowest BCUT2D eigenvalue weighted by Crippen LogP contribution is -2.44. The molecule has 0 N–H and O–H groups in total. The van der Waals surface area contributed by atoms with Gasteiger partial charge in [-0.1, -0.05) is 46.0 Å². The molecule has 1 aliphatic heterocycles. The van der Waals surface area contributed by atoms with Crippen LogP contribution in [0, 0.1) is 0 Å². The fourth-order valence-corrected chi connectivity index (χ4v) is 6.10. The molecular weight excluding hydrogens is 276 g/mol. The minimum atomic E-state index is -1.72. The van der Waals surface area contributed by atoms with E-state index in [1.54, 1.807) is 11.1 Å². The van der Waals surface area contributed by atoms with Gasteiger partial charge in [0.15, 0.2) is 0 Å². The molecule has 112 valence electrons. The number of fused-ring (bicyclic) bond motifs is 1. The lowest BCUT2D eigenvalue weighted by molar-refractivity contribution is 0.491. The zero-order chi connectivity index (χ0) is 15.2. The Balaban J connectivity index is 2.24. The molecule has 1 aliphatic rings. The normalized spacial score (nSPS) is 18.6. The molecule has 0 saturated heterocycles. The Morgan fingerprint density at radius 1 is 1.10 bits per heavy atom. The van der Waals surface area contributed by atoms with Gasteiger partial charge in [0.25, 0.3) is 0 Å². The second kappa shape index (κ2) is 5.02. The summed E-state index contributed by atoms with van der Waals surface area (Å²) in [6.45, 7) is 16.6. The van der Waals surface area contributed by atoms with Crippen LogP contribution in [0.4, 0.5) is 0 Å². The van der Waals surface area contributed by atoms with E-state index in [0.29, 0.717) is 0 Å². The van der Waals surface area contributed by atoms with E-state index in [1.165, 1.54) is 18.5 Å². The van der Waals surface area contributed by atoms with Gasteiger partial charge in [0.2, 0.25) is 8.32 Å². The van der Waals surface area contributed by atoms with E-state index in [2.05, 4.69) is 65.2 Å². The van der Waals surface area contributed by atoms with Gasteiger partial charge in [-0.25, -0.2) is 0 Å². The first-order valence-electron chi connectivity index (χ1n) is 7.81. The van der Waals surface area contributed by atoms with Crippen LogP contribution >= 0.6 is 0 Å². The molecule has 1 aromatic carbocycles. The fraction of sp³-hybridized carbons (Fsp3) is 0.647. The van der Waals surface area contributed by atoms with Crippen LogP contribution in [0.2, 0.25) is 37.3 Å². The largest absolute Gasteiger partial charge is 0.543 e. The molecule has 0 bridgehead atoms. The molecule has 0 aliphatic carbocycles. The Hall–Kier alpha value is -0.546. The molecule has 0 spiro atoms. The minimum Gasteiger partial charge on any atom is -0.543 e. The van der Waals surface area contributed by atoms with Crippen LogP contribution in [0.15, 0.2) is 18.2 Å². The average Bonchev–Trinajstić information content (AvgIpc) is 2.25. The first-order valence-corrected chi connectivity index (χ1v) is 14.1. The van der Waals surface area contributed by atoms with Gasteiger partial charge in [0.05, 0.1) is 8.07 Å². The Bertz CT molecular complexity index is 498. The van der Waals surface area contributed by atoms with Crippen molar-refractivity contribution in [2.24, 2.45) is 0 Å². The van der Waals surface area contributed by atoms with Crippen molar-refractivity contribution < 1.29 is 4.43 Å². The van der Waals surface area contributed by atoms with Crippen LogP contribution < -0.4 is 4.43 Å². The summed E-state index contributed by atoms with van der Waals surface area (Å²) in [6, 6.07) is 9.59. The molecule has 1 aromatic rings. The van der Waals surface area contributed by atoms with Crippen molar-refractivity contribution in [3.8, 4) is 5.75 Å². The third kappa shape index (κ3) is 3.37. The highest BCUT2D eigenvalue weighted by atomic mass is 28.4. The molecule has 0 aromatic heterocycles. The van der Waals surface area contributed by atoms with Crippen molar-refractivity contribution >= 4 is 16.4 Å². The summed E-state index contributed by atoms with van der Waals surface area (Å²) in [5.74, 6) is 1.10. The summed E-state index contributed by atoms with van der Waals surface area (Å²) in [7, 11) is -2.72. The molecule has 3 heteroatoms. The molecule has 0 saturated carbocycles. The van der Waals surface area contributed by atoms with Crippen LogP contribution in [-0.2, 0) is 12.5 Å². The van der Waals surface area contributed by atoms with E-state index < -0.39 is 16.4 Å². The zero-order valence-corrected chi connectivity index (χ0v) is 16.3. The van der Waals surface area contributed by atoms with E-state index in [-0.39, 0.29) is 5.04 Å². The highest BCUT2D eigenvalue weighted by Gasteiger charge is 2.39. The maximum Gasteiger partial charge on any atom is 0.250 e.